The van der Waals surface area contributed by atoms with Gasteiger partial charge in [-0.05, 0) is 56.4 Å². The van der Waals surface area contributed by atoms with Crippen molar-refractivity contribution in [2.45, 2.75) is 234 Å². The van der Waals surface area contributed by atoms with Gasteiger partial charge in [0.05, 0.1) is 42.7 Å². The van der Waals surface area contributed by atoms with Crippen LogP contribution < -0.4 is 5.32 Å². The van der Waals surface area contributed by atoms with Crippen molar-refractivity contribution in [3.05, 3.63) is 35.9 Å². The van der Waals surface area contributed by atoms with Crippen molar-refractivity contribution in [1.82, 2.24) is 5.32 Å². The van der Waals surface area contributed by atoms with Gasteiger partial charge in [-0.2, -0.15) is 0 Å². The average Bonchev–Trinajstić information content (AvgIpc) is 3.35. The van der Waals surface area contributed by atoms with Gasteiger partial charge in [0.1, 0.15) is 6.61 Å². The topological polar surface area (TPSA) is 217 Å². The highest BCUT2D eigenvalue weighted by Gasteiger charge is 2.55. The molecule has 1 aromatic rings. The van der Waals surface area contributed by atoms with Crippen molar-refractivity contribution in [1.29, 1.82) is 0 Å². The maximum Gasteiger partial charge on any atom is 0.407 e. The quantitative estimate of drug-likeness (QED) is 0.0631. The lowest BCUT2D eigenvalue weighted by Gasteiger charge is -2.51. The van der Waals surface area contributed by atoms with E-state index in [0.717, 1.165) is 18.4 Å². The molecule has 19 nitrogen and oxygen atoms in total. The van der Waals surface area contributed by atoms with Gasteiger partial charge in [-0.1, -0.05) is 92.6 Å². The third-order valence-corrected chi connectivity index (χ3v) is 14.7. The largest absolute Gasteiger partial charge is 0.457 e. The Hall–Kier alpha value is -3.95. The van der Waals surface area contributed by atoms with Gasteiger partial charge in [-0.15, -0.1) is 0 Å². The molecule has 4 heterocycles. The van der Waals surface area contributed by atoms with Crippen LogP contribution in [0.5, 0.6) is 0 Å². The number of esters is 4. The molecule has 5 rings (SSSR count). The first-order valence-electron chi connectivity index (χ1n) is 26.6. The fourth-order valence-corrected chi connectivity index (χ4v) is 10.6. The van der Waals surface area contributed by atoms with Crippen molar-refractivity contribution in [3.63, 3.8) is 0 Å². The lowest BCUT2D eigenvalue weighted by molar-refractivity contribution is -0.373. The lowest BCUT2D eigenvalue weighted by atomic mass is 9.82. The number of carbonyl (C=O) groups is 5. The van der Waals surface area contributed by atoms with Crippen molar-refractivity contribution in [2.75, 3.05) is 13.2 Å². The monoisotopic (exact) mass is 1040 g/mol. The van der Waals surface area contributed by atoms with E-state index < -0.39 is 134 Å². The summed E-state index contributed by atoms with van der Waals surface area (Å²) in [4.78, 5) is 62.7. The second-order valence-electron chi connectivity index (χ2n) is 20.1. The lowest BCUT2D eigenvalue weighted by Crippen LogP contribution is -2.63. The third kappa shape index (κ3) is 16.3. The van der Waals surface area contributed by atoms with Crippen LogP contribution in [0.15, 0.2) is 30.3 Å². The number of benzene rings is 1. The molecule has 414 valence electrons. The summed E-state index contributed by atoms with van der Waals surface area (Å²) in [7, 11) is 0. The highest BCUT2D eigenvalue weighted by Crippen LogP contribution is 2.43. The van der Waals surface area contributed by atoms with E-state index in [-0.39, 0.29) is 24.5 Å². The molecule has 8 unspecified atom stereocenters. The predicted octanol–water partition coefficient (Wildman–Crippen LogP) is 7.70. The van der Waals surface area contributed by atoms with E-state index in [9.17, 15) is 24.0 Å². The van der Waals surface area contributed by atoms with E-state index >= 15 is 0 Å². The minimum atomic E-state index is -1.09. The molecule has 1 amide bonds. The molecular weight excluding hydrogens is 951 g/mol. The smallest absolute Gasteiger partial charge is 0.407 e. The summed E-state index contributed by atoms with van der Waals surface area (Å²) in [5.74, 6) is -3.56. The molecule has 1 N–H and O–H groups in total. The van der Waals surface area contributed by atoms with Gasteiger partial charge in [-0.3, -0.25) is 19.2 Å². The van der Waals surface area contributed by atoms with Gasteiger partial charge in [0, 0.05) is 64.5 Å². The van der Waals surface area contributed by atoms with Gasteiger partial charge in [0.2, 0.25) is 0 Å². The van der Waals surface area contributed by atoms with E-state index in [1.54, 1.807) is 0 Å². The predicted molar refractivity (Wildman–Crippen MR) is 263 cm³/mol. The second-order valence-corrected chi connectivity index (χ2v) is 20.1. The molecule has 4 saturated heterocycles. The highest BCUT2D eigenvalue weighted by molar-refractivity contribution is 5.68. The fourth-order valence-electron chi connectivity index (χ4n) is 10.6. The SMILES string of the molecule is CCC1O[C@@H](O[C@@H]2C(CC)O[C@@H](O[C@@H]3C(CC)O[C@@H](O[C@@H]4C(CC)O[C@@H](OCCCCCNC(=O)OCc5ccccc5)C(OC(C)=O)[C@H]4C)C(OC(C)=O)[C@H]3C)C(OC(C)=O)[C@H]2C)C(OC(C)=O)[C@@H](C)[C@@H]1C. The number of nitrogens with one attached hydrogen (secondary N) is 1. The van der Waals surface area contributed by atoms with Crippen LogP contribution in [0.25, 0.3) is 0 Å². The van der Waals surface area contributed by atoms with Crippen LogP contribution in [0.3, 0.4) is 0 Å². The molecule has 20 atom stereocenters. The van der Waals surface area contributed by atoms with E-state index in [2.05, 4.69) is 12.2 Å². The fraction of sp³-hybridized carbons (Fsp3) is 0.796. The molecule has 0 spiro atoms. The molecule has 0 aliphatic carbocycles. The summed E-state index contributed by atoms with van der Waals surface area (Å²) in [5.41, 5.74) is 0.904. The number of carbonyl (C=O) groups excluding carboxylic acids is 5. The van der Waals surface area contributed by atoms with Crippen molar-refractivity contribution < 1.29 is 85.6 Å². The first-order valence-corrected chi connectivity index (χ1v) is 26.6. The number of hydrogen-bond acceptors (Lipinski definition) is 18. The van der Waals surface area contributed by atoms with Crippen LogP contribution in [0.4, 0.5) is 4.79 Å². The Bertz CT molecular complexity index is 1890. The van der Waals surface area contributed by atoms with Crippen LogP contribution in [-0.2, 0) is 87.4 Å². The molecular formula is C54H85NO18. The van der Waals surface area contributed by atoms with Crippen LogP contribution in [-0.4, -0.2) is 135 Å². The summed E-state index contributed by atoms with van der Waals surface area (Å²) in [6.45, 7) is 23.9. The van der Waals surface area contributed by atoms with E-state index in [1.807, 2.05) is 85.7 Å². The molecule has 4 fully saturated rings. The number of unbranched alkanes of at least 4 members (excludes halogenated alkanes) is 2. The van der Waals surface area contributed by atoms with Crippen molar-refractivity contribution >= 4 is 30.0 Å². The van der Waals surface area contributed by atoms with Gasteiger partial charge < -0.3 is 66.9 Å². The van der Waals surface area contributed by atoms with E-state index in [4.69, 9.17) is 61.6 Å². The summed E-state index contributed by atoms with van der Waals surface area (Å²) in [5, 5.41) is 2.77. The maximum atomic E-state index is 12.9. The number of ether oxygens (including phenoxy) is 13. The van der Waals surface area contributed by atoms with Gasteiger partial charge in [-0.25, -0.2) is 4.79 Å². The van der Waals surface area contributed by atoms with Crippen LogP contribution >= 0.6 is 0 Å². The zero-order chi connectivity index (χ0) is 53.5. The van der Waals surface area contributed by atoms with E-state index in [1.165, 1.54) is 27.7 Å². The maximum absolute atomic E-state index is 12.9. The molecule has 0 bridgehead atoms. The minimum Gasteiger partial charge on any atom is -0.457 e. The van der Waals surface area contributed by atoms with Gasteiger partial charge >= 0.3 is 30.0 Å². The Morgan fingerprint density at radius 1 is 0.466 bits per heavy atom. The van der Waals surface area contributed by atoms with Crippen molar-refractivity contribution in [3.8, 4) is 0 Å². The Labute approximate surface area is 432 Å². The molecule has 0 radical (unpaired) electrons. The Kier molecular flexibility index (Phi) is 23.6. The van der Waals surface area contributed by atoms with Crippen molar-refractivity contribution in [2.24, 2.45) is 29.6 Å². The standard InChI is InChI=1S/C54H85NO18/c1-14-39-29(5)30(6)46(63-34(10)56)51(67-39)71-44-32(8)48(65-36(12)58)53(69-41(44)16-3)73-45-33(9)49(66-37(13)59)52(70-42(45)17-4)72-43-31(7)47(64-35(11)57)50(68-40(43)15-2)61-27-23-19-22-26-55-54(60)62-28-38-24-20-18-21-25-38/h18,20-21,24-25,29-33,39-53H,14-17,19,22-23,26-28H2,1-13H3,(H,55,60)/t29-,30-,31-,32-,33-,39?,40?,41?,42?,43-,44-,45-,46?,47?,48?,49?,50+,51-,52-,53-/m0/s1. The Morgan fingerprint density at radius 2 is 0.849 bits per heavy atom. The number of alkyl carbamates (subject to hydrolysis) is 1. The zero-order valence-electron chi connectivity index (χ0n) is 45.4. The molecule has 4 aliphatic rings. The summed E-state index contributed by atoms with van der Waals surface area (Å²) in [6.07, 6.45) is -7.62. The molecule has 0 saturated carbocycles. The van der Waals surface area contributed by atoms with Crippen LogP contribution in [0, 0.1) is 29.6 Å². The number of amides is 1. The minimum absolute atomic E-state index is 0.0693. The first kappa shape index (κ1) is 59.9. The average molecular weight is 1040 g/mol. The first-order chi connectivity index (χ1) is 34.8. The Morgan fingerprint density at radius 3 is 1.26 bits per heavy atom. The summed E-state index contributed by atoms with van der Waals surface area (Å²) in [6, 6.07) is 9.45. The Balaban J connectivity index is 1.26. The molecule has 0 aromatic heterocycles. The normalized spacial score (nSPS) is 36.6. The molecule has 19 heteroatoms. The van der Waals surface area contributed by atoms with Gasteiger partial charge in [0.25, 0.3) is 0 Å². The van der Waals surface area contributed by atoms with Crippen LogP contribution in [0.1, 0.15) is 141 Å². The molecule has 73 heavy (non-hydrogen) atoms. The van der Waals surface area contributed by atoms with Gasteiger partial charge in [0.15, 0.2) is 49.6 Å². The second kappa shape index (κ2) is 28.8. The number of rotatable bonds is 23. The molecule has 4 aliphatic heterocycles. The third-order valence-electron chi connectivity index (χ3n) is 14.7. The number of hydrogen-bond donors (Lipinski definition) is 1. The molecule has 1 aromatic carbocycles. The van der Waals surface area contributed by atoms with Crippen LogP contribution in [0.2, 0.25) is 0 Å². The summed E-state index contributed by atoms with van der Waals surface area (Å²) < 4.78 is 82.1. The zero-order valence-corrected chi connectivity index (χ0v) is 45.4. The van der Waals surface area contributed by atoms with E-state index in [0.29, 0.717) is 45.3 Å². The summed E-state index contributed by atoms with van der Waals surface area (Å²) >= 11 is 0. The highest BCUT2D eigenvalue weighted by atomic mass is 16.8.